The van der Waals surface area contributed by atoms with Gasteiger partial charge in [0.1, 0.15) is 5.75 Å². The third-order valence-corrected chi connectivity index (χ3v) is 3.93. The maximum absolute atomic E-state index is 10.8. The topological polar surface area (TPSA) is 75.4 Å². The molecule has 0 heterocycles. The van der Waals surface area contributed by atoms with Crippen molar-refractivity contribution in [1.29, 1.82) is 0 Å². The molecule has 0 atom stereocenters. The van der Waals surface area contributed by atoms with Crippen molar-refractivity contribution >= 4 is 23.1 Å². The molecule has 0 saturated carbocycles. The summed E-state index contributed by atoms with van der Waals surface area (Å²) in [5.74, 6) is 0.754. The van der Waals surface area contributed by atoms with Crippen molar-refractivity contribution < 1.29 is 10.0 Å². The van der Waals surface area contributed by atoms with Gasteiger partial charge in [0.25, 0.3) is 5.69 Å². The number of phenols is 1. The summed E-state index contributed by atoms with van der Waals surface area (Å²) in [5, 5.41) is 23.5. The van der Waals surface area contributed by atoms with Crippen LogP contribution in [0.3, 0.4) is 0 Å². The maximum Gasteiger partial charge on any atom is 0.269 e. The Morgan fingerprint density at radius 2 is 2.05 bits per heavy atom. The average Bonchev–Trinajstić information content (AvgIpc) is 2.46. The molecule has 0 amide bonds. The number of non-ortho nitro benzene ring substituents is 1. The number of nitro groups is 1. The second kappa shape index (κ2) is 6.29. The SMILES string of the molecule is CNc1ccc([N+](=O)[O-])cc1CSc1ccccc1O. The van der Waals surface area contributed by atoms with Crippen LogP contribution in [0.15, 0.2) is 47.4 Å². The van der Waals surface area contributed by atoms with Crippen LogP contribution in [0, 0.1) is 10.1 Å². The molecule has 0 spiro atoms. The largest absolute Gasteiger partial charge is 0.507 e. The van der Waals surface area contributed by atoms with Gasteiger partial charge in [-0.1, -0.05) is 12.1 Å². The lowest BCUT2D eigenvalue weighted by Crippen LogP contribution is -1.96. The van der Waals surface area contributed by atoms with Crippen molar-refractivity contribution in [3.63, 3.8) is 0 Å². The minimum atomic E-state index is -0.409. The second-order valence-electron chi connectivity index (χ2n) is 4.10. The molecular formula is C14H14N2O3S. The quantitative estimate of drug-likeness (QED) is 0.499. The van der Waals surface area contributed by atoms with Gasteiger partial charge in [0.15, 0.2) is 0 Å². The highest BCUT2D eigenvalue weighted by atomic mass is 32.2. The number of nitrogens with zero attached hydrogens (tertiary/aromatic N) is 1. The molecule has 5 nitrogen and oxygen atoms in total. The zero-order valence-electron chi connectivity index (χ0n) is 10.9. The van der Waals surface area contributed by atoms with E-state index in [0.717, 1.165) is 16.1 Å². The summed E-state index contributed by atoms with van der Waals surface area (Å²) in [4.78, 5) is 11.2. The van der Waals surface area contributed by atoms with E-state index in [0.29, 0.717) is 5.75 Å². The van der Waals surface area contributed by atoms with Crippen LogP contribution in [0.4, 0.5) is 11.4 Å². The molecule has 2 rings (SSSR count). The van der Waals surface area contributed by atoms with Gasteiger partial charge in [0.05, 0.1) is 4.92 Å². The Bertz CT molecular complexity index is 632. The summed E-state index contributed by atoms with van der Waals surface area (Å²) in [6.07, 6.45) is 0. The standard InChI is InChI=1S/C14H14N2O3S/c1-15-12-7-6-11(16(18)19)8-10(12)9-20-14-5-3-2-4-13(14)17/h2-8,15,17H,9H2,1H3. The van der Waals surface area contributed by atoms with Crippen LogP contribution in [0.25, 0.3) is 0 Å². The minimum absolute atomic E-state index is 0.0666. The van der Waals surface area contributed by atoms with Crippen LogP contribution >= 0.6 is 11.8 Å². The summed E-state index contributed by atoms with van der Waals surface area (Å²) >= 11 is 1.44. The summed E-state index contributed by atoms with van der Waals surface area (Å²) < 4.78 is 0. The molecule has 0 saturated heterocycles. The van der Waals surface area contributed by atoms with Gasteiger partial charge in [-0.2, -0.15) is 0 Å². The molecule has 20 heavy (non-hydrogen) atoms. The van der Waals surface area contributed by atoms with Gasteiger partial charge in [0, 0.05) is 35.5 Å². The normalized spacial score (nSPS) is 10.2. The first-order valence-corrected chi connectivity index (χ1v) is 6.96. The summed E-state index contributed by atoms with van der Waals surface area (Å²) in [7, 11) is 1.77. The molecule has 0 radical (unpaired) electrons. The van der Waals surface area contributed by atoms with Gasteiger partial charge < -0.3 is 10.4 Å². The fourth-order valence-corrected chi connectivity index (χ4v) is 2.73. The van der Waals surface area contributed by atoms with Crippen molar-refractivity contribution in [3.8, 4) is 5.75 Å². The maximum atomic E-state index is 10.8. The number of benzene rings is 2. The minimum Gasteiger partial charge on any atom is -0.507 e. The van der Waals surface area contributed by atoms with Crippen LogP contribution < -0.4 is 5.32 Å². The Labute approximate surface area is 120 Å². The van der Waals surface area contributed by atoms with E-state index >= 15 is 0 Å². The lowest BCUT2D eigenvalue weighted by atomic mass is 10.2. The lowest BCUT2D eigenvalue weighted by Gasteiger charge is -2.09. The molecule has 0 aromatic heterocycles. The fourth-order valence-electron chi connectivity index (χ4n) is 1.79. The Morgan fingerprint density at radius 1 is 1.30 bits per heavy atom. The van der Waals surface area contributed by atoms with Crippen LogP contribution in [0.2, 0.25) is 0 Å². The summed E-state index contributed by atoms with van der Waals surface area (Å²) in [5.41, 5.74) is 1.74. The van der Waals surface area contributed by atoms with E-state index in [1.165, 1.54) is 17.8 Å². The highest BCUT2D eigenvalue weighted by Gasteiger charge is 2.11. The molecule has 0 aliphatic heterocycles. The highest BCUT2D eigenvalue weighted by molar-refractivity contribution is 7.98. The zero-order valence-corrected chi connectivity index (χ0v) is 11.7. The van der Waals surface area contributed by atoms with Crippen LogP contribution in [0.1, 0.15) is 5.56 Å². The van der Waals surface area contributed by atoms with E-state index < -0.39 is 4.92 Å². The molecule has 2 N–H and O–H groups in total. The Morgan fingerprint density at radius 3 is 2.70 bits per heavy atom. The smallest absolute Gasteiger partial charge is 0.269 e. The predicted octanol–water partition coefficient (Wildman–Crippen LogP) is 3.63. The third-order valence-electron chi connectivity index (χ3n) is 2.82. The first-order valence-electron chi connectivity index (χ1n) is 5.97. The number of para-hydroxylation sites is 1. The van der Waals surface area contributed by atoms with Crippen LogP contribution in [-0.4, -0.2) is 17.1 Å². The average molecular weight is 290 g/mol. The van der Waals surface area contributed by atoms with E-state index in [9.17, 15) is 15.2 Å². The third kappa shape index (κ3) is 3.21. The summed E-state index contributed by atoms with van der Waals surface area (Å²) in [6.45, 7) is 0. The number of hydrogen-bond acceptors (Lipinski definition) is 5. The number of phenolic OH excluding ortho intramolecular Hbond substituents is 1. The van der Waals surface area contributed by atoms with Gasteiger partial charge in [-0.3, -0.25) is 10.1 Å². The number of aromatic hydroxyl groups is 1. The molecule has 0 fully saturated rings. The Hall–Kier alpha value is -2.21. The molecule has 0 unspecified atom stereocenters. The van der Waals surface area contributed by atoms with Gasteiger partial charge in [-0.05, 0) is 23.8 Å². The van der Waals surface area contributed by atoms with Crippen LogP contribution in [0.5, 0.6) is 5.75 Å². The number of rotatable bonds is 5. The zero-order chi connectivity index (χ0) is 14.5. The first kappa shape index (κ1) is 14.2. The molecule has 104 valence electrons. The number of thioether (sulfide) groups is 1. The molecule has 2 aromatic carbocycles. The summed E-state index contributed by atoms with van der Waals surface area (Å²) in [6, 6.07) is 11.8. The number of anilines is 1. The van der Waals surface area contributed by atoms with Crippen molar-refractivity contribution in [1.82, 2.24) is 0 Å². The van der Waals surface area contributed by atoms with E-state index in [1.54, 1.807) is 31.3 Å². The van der Waals surface area contributed by atoms with Crippen molar-refractivity contribution in [2.75, 3.05) is 12.4 Å². The van der Waals surface area contributed by atoms with Crippen molar-refractivity contribution in [2.45, 2.75) is 10.6 Å². The molecule has 6 heteroatoms. The number of nitrogens with one attached hydrogen (secondary N) is 1. The molecule has 0 bridgehead atoms. The monoisotopic (exact) mass is 290 g/mol. The van der Waals surface area contributed by atoms with Gasteiger partial charge in [-0.25, -0.2) is 0 Å². The van der Waals surface area contributed by atoms with Gasteiger partial charge >= 0.3 is 0 Å². The number of nitro benzene ring substituents is 1. The Balaban J connectivity index is 2.22. The predicted molar refractivity (Wildman–Crippen MR) is 80.3 cm³/mol. The first-order chi connectivity index (χ1) is 9.61. The molecular weight excluding hydrogens is 276 g/mol. The number of hydrogen-bond donors (Lipinski definition) is 2. The van der Waals surface area contributed by atoms with Gasteiger partial charge in [0.2, 0.25) is 0 Å². The highest BCUT2D eigenvalue weighted by Crippen LogP contribution is 2.33. The molecule has 0 aliphatic carbocycles. The van der Waals surface area contributed by atoms with Crippen molar-refractivity contribution in [3.05, 3.63) is 58.1 Å². The fraction of sp³-hybridized carbons (Fsp3) is 0.143. The molecule has 0 aliphatic rings. The lowest BCUT2D eigenvalue weighted by molar-refractivity contribution is -0.384. The van der Waals surface area contributed by atoms with Crippen molar-refractivity contribution in [2.24, 2.45) is 0 Å². The Kier molecular flexibility index (Phi) is 4.47. The van der Waals surface area contributed by atoms with Gasteiger partial charge in [-0.15, -0.1) is 11.8 Å². The second-order valence-corrected chi connectivity index (χ2v) is 5.12. The van der Waals surface area contributed by atoms with E-state index in [2.05, 4.69) is 5.32 Å². The van der Waals surface area contributed by atoms with E-state index in [1.807, 2.05) is 12.1 Å². The van der Waals surface area contributed by atoms with E-state index in [4.69, 9.17) is 0 Å². The molecule has 2 aromatic rings. The van der Waals surface area contributed by atoms with Crippen LogP contribution in [-0.2, 0) is 5.75 Å². The van der Waals surface area contributed by atoms with E-state index in [-0.39, 0.29) is 11.4 Å².